The summed E-state index contributed by atoms with van der Waals surface area (Å²) in [5.74, 6) is 0. The molecule has 0 aromatic heterocycles. The first-order chi connectivity index (χ1) is 8.70. The molecule has 3 heteroatoms. The highest BCUT2D eigenvalue weighted by molar-refractivity contribution is 5.77. The zero-order chi connectivity index (χ0) is 14.4. The van der Waals surface area contributed by atoms with Gasteiger partial charge >= 0.3 is 6.03 Å². The van der Waals surface area contributed by atoms with Crippen molar-refractivity contribution in [3.05, 3.63) is 34.4 Å². The third-order valence-corrected chi connectivity index (χ3v) is 3.91. The van der Waals surface area contributed by atoms with Gasteiger partial charge in [-0.25, -0.2) is 4.79 Å². The highest BCUT2D eigenvalue weighted by Gasteiger charge is 2.29. The summed E-state index contributed by atoms with van der Waals surface area (Å²) < 4.78 is 0. The topological polar surface area (TPSA) is 32.3 Å². The highest BCUT2D eigenvalue weighted by Crippen LogP contribution is 2.31. The maximum Gasteiger partial charge on any atom is 0.317 e. The van der Waals surface area contributed by atoms with Gasteiger partial charge in [-0.1, -0.05) is 32.9 Å². The summed E-state index contributed by atoms with van der Waals surface area (Å²) >= 11 is 0. The second kappa shape index (κ2) is 4.55. The molecule has 0 aliphatic carbocycles. The monoisotopic (exact) mass is 260 g/mol. The van der Waals surface area contributed by atoms with Gasteiger partial charge in [-0.2, -0.15) is 0 Å². The number of nitrogens with zero attached hydrogens (tertiary/aromatic N) is 1. The molecule has 104 valence electrons. The number of aryl methyl sites for hydroxylation is 2. The molecule has 1 heterocycles. The molecule has 3 nitrogen and oxygen atoms in total. The maximum absolute atomic E-state index is 11.6. The number of rotatable bonds is 1. The number of urea groups is 1. The van der Waals surface area contributed by atoms with Gasteiger partial charge < -0.3 is 10.2 Å². The van der Waals surface area contributed by atoms with E-state index in [1.165, 1.54) is 22.3 Å². The fourth-order valence-corrected chi connectivity index (χ4v) is 2.78. The minimum absolute atomic E-state index is 0.0173. The second-order valence-corrected chi connectivity index (χ2v) is 6.66. The van der Waals surface area contributed by atoms with Gasteiger partial charge in [0.15, 0.2) is 0 Å². The first-order valence-electron chi connectivity index (χ1n) is 6.83. The predicted molar refractivity (Wildman–Crippen MR) is 78.5 cm³/mol. The Bertz CT molecular complexity index is 491. The molecule has 0 radical (unpaired) electrons. The van der Waals surface area contributed by atoms with E-state index in [4.69, 9.17) is 0 Å². The van der Waals surface area contributed by atoms with Crippen molar-refractivity contribution in [3.63, 3.8) is 0 Å². The number of amides is 2. The Balaban J connectivity index is 2.41. The van der Waals surface area contributed by atoms with Crippen molar-refractivity contribution in [2.24, 2.45) is 0 Å². The van der Waals surface area contributed by atoms with E-state index in [0.29, 0.717) is 0 Å². The van der Waals surface area contributed by atoms with E-state index in [-0.39, 0.29) is 17.5 Å². The number of benzene rings is 1. The van der Waals surface area contributed by atoms with Crippen molar-refractivity contribution >= 4 is 6.03 Å². The van der Waals surface area contributed by atoms with Crippen LogP contribution in [0.1, 0.15) is 49.1 Å². The van der Waals surface area contributed by atoms with E-state index >= 15 is 0 Å². The minimum Gasteiger partial charge on any atom is -0.329 e. The van der Waals surface area contributed by atoms with Crippen molar-refractivity contribution in [2.75, 3.05) is 13.6 Å². The first-order valence-corrected chi connectivity index (χ1v) is 6.83. The molecule has 19 heavy (non-hydrogen) atoms. The average molecular weight is 260 g/mol. The van der Waals surface area contributed by atoms with Crippen LogP contribution in [-0.4, -0.2) is 24.5 Å². The lowest BCUT2D eigenvalue weighted by atomic mass is 9.82. The Kier molecular flexibility index (Phi) is 3.33. The van der Waals surface area contributed by atoms with Crippen LogP contribution in [0.25, 0.3) is 0 Å². The Morgan fingerprint density at radius 1 is 1.21 bits per heavy atom. The number of hydrogen-bond donors (Lipinski definition) is 1. The molecular formula is C16H24N2O. The molecule has 0 saturated carbocycles. The van der Waals surface area contributed by atoms with E-state index in [1.807, 2.05) is 7.05 Å². The number of carbonyl (C=O) groups is 1. The molecule has 1 atom stereocenters. The summed E-state index contributed by atoms with van der Waals surface area (Å²) in [6, 6.07) is 4.65. The smallest absolute Gasteiger partial charge is 0.317 e. The third kappa shape index (κ3) is 2.60. The van der Waals surface area contributed by atoms with Gasteiger partial charge in [-0.05, 0) is 41.5 Å². The Morgan fingerprint density at radius 2 is 1.74 bits per heavy atom. The van der Waals surface area contributed by atoms with E-state index in [0.717, 1.165) is 6.54 Å². The molecule has 1 aromatic rings. The molecule has 1 N–H and O–H groups in total. The van der Waals surface area contributed by atoms with Gasteiger partial charge in [0.1, 0.15) is 0 Å². The molecule has 1 aliphatic heterocycles. The SMILES string of the molecule is Cc1cc(C(C)(C)C)cc(C)c1C1CN(C)C(=O)N1. The van der Waals surface area contributed by atoms with Crippen LogP contribution < -0.4 is 5.32 Å². The van der Waals surface area contributed by atoms with Gasteiger partial charge in [0.05, 0.1) is 6.04 Å². The number of likely N-dealkylation sites (N-methyl/N-ethyl adjacent to an activating group) is 1. The van der Waals surface area contributed by atoms with Crippen LogP contribution in [0.3, 0.4) is 0 Å². The molecule has 1 unspecified atom stereocenters. The first kappa shape index (κ1) is 13.9. The molecule has 1 aromatic carbocycles. The van der Waals surface area contributed by atoms with E-state index in [1.54, 1.807) is 4.90 Å². The Hall–Kier alpha value is -1.51. The van der Waals surface area contributed by atoms with Crippen molar-refractivity contribution < 1.29 is 4.79 Å². The molecule has 1 aliphatic rings. The summed E-state index contributed by atoms with van der Waals surface area (Å²) in [5.41, 5.74) is 5.31. The van der Waals surface area contributed by atoms with Crippen LogP contribution in [0.4, 0.5) is 4.79 Å². The molecular weight excluding hydrogens is 236 g/mol. The minimum atomic E-state index is 0.0173. The van der Waals surface area contributed by atoms with Crippen LogP contribution in [0.2, 0.25) is 0 Å². The number of hydrogen-bond acceptors (Lipinski definition) is 1. The molecule has 0 spiro atoms. The van der Waals surface area contributed by atoms with Gasteiger partial charge in [-0.3, -0.25) is 0 Å². The second-order valence-electron chi connectivity index (χ2n) is 6.66. The van der Waals surface area contributed by atoms with Gasteiger partial charge in [0.2, 0.25) is 0 Å². The summed E-state index contributed by atoms with van der Waals surface area (Å²) in [6.07, 6.45) is 0. The normalized spacial score (nSPS) is 19.8. The average Bonchev–Trinajstić information content (AvgIpc) is 2.56. The summed E-state index contributed by atoms with van der Waals surface area (Å²) in [6.45, 7) is 11.7. The zero-order valence-corrected chi connectivity index (χ0v) is 12.8. The van der Waals surface area contributed by atoms with Crippen molar-refractivity contribution in [2.45, 2.75) is 46.1 Å². The van der Waals surface area contributed by atoms with Crippen LogP contribution in [0.15, 0.2) is 12.1 Å². The highest BCUT2D eigenvalue weighted by atomic mass is 16.2. The molecule has 1 saturated heterocycles. The zero-order valence-electron chi connectivity index (χ0n) is 12.8. The summed E-state index contributed by atoms with van der Waals surface area (Å²) in [5, 5.41) is 3.05. The fourth-order valence-electron chi connectivity index (χ4n) is 2.78. The van der Waals surface area contributed by atoms with E-state index in [9.17, 15) is 4.79 Å². The molecule has 2 rings (SSSR count). The van der Waals surface area contributed by atoms with E-state index in [2.05, 4.69) is 52.1 Å². The van der Waals surface area contributed by atoms with Crippen molar-refractivity contribution in [1.82, 2.24) is 10.2 Å². The standard InChI is InChI=1S/C16H24N2O/c1-10-7-12(16(3,4)5)8-11(2)14(10)13-9-18(6)15(19)17-13/h7-8,13H,9H2,1-6H3,(H,17,19). The van der Waals surface area contributed by atoms with Crippen molar-refractivity contribution in [3.8, 4) is 0 Å². The summed E-state index contributed by atoms with van der Waals surface area (Å²) in [7, 11) is 1.84. The van der Waals surface area contributed by atoms with E-state index < -0.39 is 0 Å². The fraction of sp³-hybridized carbons (Fsp3) is 0.562. The van der Waals surface area contributed by atoms with Crippen molar-refractivity contribution in [1.29, 1.82) is 0 Å². The quantitative estimate of drug-likeness (QED) is 0.825. The predicted octanol–water partition coefficient (Wildman–Crippen LogP) is 3.30. The largest absolute Gasteiger partial charge is 0.329 e. The number of carbonyl (C=O) groups excluding carboxylic acids is 1. The number of nitrogens with one attached hydrogen (secondary N) is 1. The summed E-state index contributed by atoms with van der Waals surface area (Å²) in [4.78, 5) is 13.4. The van der Waals surface area contributed by atoms with Crippen LogP contribution in [0, 0.1) is 13.8 Å². The third-order valence-electron chi connectivity index (χ3n) is 3.91. The lowest BCUT2D eigenvalue weighted by Crippen LogP contribution is -2.24. The molecule has 2 amide bonds. The van der Waals surface area contributed by atoms with Gasteiger partial charge in [-0.15, -0.1) is 0 Å². The lowest BCUT2D eigenvalue weighted by Gasteiger charge is -2.24. The maximum atomic E-state index is 11.6. The van der Waals surface area contributed by atoms with Crippen LogP contribution in [-0.2, 0) is 5.41 Å². The molecule has 1 fully saturated rings. The van der Waals surface area contributed by atoms with Gasteiger partial charge in [0, 0.05) is 13.6 Å². The molecule has 0 bridgehead atoms. The van der Waals surface area contributed by atoms with Crippen LogP contribution in [0.5, 0.6) is 0 Å². The lowest BCUT2D eigenvalue weighted by molar-refractivity contribution is 0.226. The van der Waals surface area contributed by atoms with Gasteiger partial charge in [0.25, 0.3) is 0 Å². The van der Waals surface area contributed by atoms with Crippen LogP contribution >= 0.6 is 0 Å². The Morgan fingerprint density at radius 3 is 2.11 bits per heavy atom. The Labute approximate surface area is 116 Å².